The fourth-order valence-electron chi connectivity index (χ4n) is 3.06. The molecule has 0 spiro atoms. The Balaban J connectivity index is 1.80. The Hall–Kier alpha value is -2.79. The van der Waals surface area contributed by atoms with E-state index in [-0.39, 0.29) is 0 Å². The monoisotopic (exact) mass is 331 g/mol. The van der Waals surface area contributed by atoms with Crippen molar-refractivity contribution < 1.29 is 0 Å². The summed E-state index contributed by atoms with van der Waals surface area (Å²) in [7, 11) is 0. The van der Waals surface area contributed by atoms with Gasteiger partial charge in [0.05, 0.1) is 5.69 Å². The fourth-order valence-corrected chi connectivity index (χ4v) is 3.06. The molecule has 3 heterocycles. The minimum Gasteiger partial charge on any atom is -0.355 e. The van der Waals surface area contributed by atoms with Crippen LogP contribution >= 0.6 is 0 Å². The van der Waals surface area contributed by atoms with Crippen molar-refractivity contribution in [2.45, 2.75) is 6.42 Å². The maximum Gasteiger partial charge on any atom is 0.162 e. The van der Waals surface area contributed by atoms with Crippen molar-refractivity contribution in [3.63, 3.8) is 0 Å². The Labute approximate surface area is 147 Å². The Kier molecular flexibility index (Phi) is 4.65. The number of pyridine rings is 1. The minimum atomic E-state index is 0.746. The van der Waals surface area contributed by atoms with Gasteiger partial charge in [0.1, 0.15) is 5.82 Å². The molecule has 25 heavy (non-hydrogen) atoms. The number of rotatable bonds is 3. The number of benzene rings is 1. The average molecular weight is 331 g/mol. The maximum atomic E-state index is 4.85. The van der Waals surface area contributed by atoms with E-state index in [1.165, 1.54) is 0 Å². The zero-order valence-corrected chi connectivity index (χ0v) is 14.1. The first-order valence-electron chi connectivity index (χ1n) is 8.71. The van der Waals surface area contributed by atoms with Gasteiger partial charge in [-0.05, 0) is 25.1 Å². The zero-order chi connectivity index (χ0) is 16.9. The van der Waals surface area contributed by atoms with Crippen molar-refractivity contribution in [1.29, 1.82) is 0 Å². The van der Waals surface area contributed by atoms with Crippen molar-refractivity contribution in [3.8, 4) is 22.6 Å². The molecule has 3 aromatic rings. The summed E-state index contributed by atoms with van der Waals surface area (Å²) in [6, 6.07) is 16.3. The van der Waals surface area contributed by atoms with E-state index in [4.69, 9.17) is 9.97 Å². The van der Waals surface area contributed by atoms with Gasteiger partial charge < -0.3 is 10.2 Å². The SMILES string of the molecule is c1ccc(-c2cc(N3CCCNCC3)nc(-c3ccncc3)n2)cc1. The van der Waals surface area contributed by atoms with Gasteiger partial charge >= 0.3 is 0 Å². The fraction of sp³-hybridized carbons (Fsp3) is 0.250. The topological polar surface area (TPSA) is 53.9 Å². The minimum absolute atomic E-state index is 0.746. The van der Waals surface area contributed by atoms with E-state index in [1.807, 2.05) is 30.3 Å². The van der Waals surface area contributed by atoms with Crippen LogP contribution in [0.5, 0.6) is 0 Å². The van der Waals surface area contributed by atoms with Crippen molar-refractivity contribution in [1.82, 2.24) is 20.3 Å². The van der Waals surface area contributed by atoms with Gasteiger partial charge in [-0.3, -0.25) is 4.98 Å². The molecule has 1 fully saturated rings. The highest BCUT2D eigenvalue weighted by atomic mass is 15.2. The van der Waals surface area contributed by atoms with Crippen LogP contribution in [0.3, 0.4) is 0 Å². The summed E-state index contributed by atoms with van der Waals surface area (Å²) in [5, 5.41) is 3.45. The van der Waals surface area contributed by atoms with Crippen LogP contribution in [0.2, 0.25) is 0 Å². The molecule has 4 rings (SSSR count). The second-order valence-corrected chi connectivity index (χ2v) is 6.13. The van der Waals surface area contributed by atoms with E-state index in [0.29, 0.717) is 0 Å². The molecule has 0 aliphatic carbocycles. The highest BCUT2D eigenvalue weighted by molar-refractivity contribution is 5.67. The van der Waals surface area contributed by atoms with Crippen molar-refractivity contribution in [2.75, 3.05) is 31.1 Å². The predicted molar refractivity (Wildman–Crippen MR) is 100 cm³/mol. The molecule has 2 aromatic heterocycles. The summed E-state index contributed by atoms with van der Waals surface area (Å²) in [6.45, 7) is 4.01. The Morgan fingerprint density at radius 1 is 0.840 bits per heavy atom. The number of hydrogen-bond acceptors (Lipinski definition) is 5. The second-order valence-electron chi connectivity index (χ2n) is 6.13. The molecule has 1 aliphatic heterocycles. The van der Waals surface area contributed by atoms with E-state index in [0.717, 1.165) is 61.1 Å². The molecular weight excluding hydrogens is 310 g/mol. The van der Waals surface area contributed by atoms with Crippen LogP contribution in [0.4, 0.5) is 5.82 Å². The first-order chi connectivity index (χ1) is 12.4. The molecule has 1 aliphatic rings. The third-order valence-corrected chi connectivity index (χ3v) is 4.38. The molecule has 5 nitrogen and oxygen atoms in total. The molecule has 1 saturated heterocycles. The lowest BCUT2D eigenvalue weighted by atomic mass is 10.1. The van der Waals surface area contributed by atoms with Gasteiger partial charge in [-0.1, -0.05) is 30.3 Å². The van der Waals surface area contributed by atoms with Gasteiger partial charge in [-0.2, -0.15) is 0 Å². The molecule has 0 atom stereocenters. The summed E-state index contributed by atoms with van der Waals surface area (Å²) in [4.78, 5) is 16.1. The van der Waals surface area contributed by atoms with Crippen LogP contribution in [0, 0.1) is 0 Å². The highest BCUT2D eigenvalue weighted by Gasteiger charge is 2.15. The van der Waals surface area contributed by atoms with E-state index >= 15 is 0 Å². The Morgan fingerprint density at radius 3 is 2.52 bits per heavy atom. The van der Waals surface area contributed by atoms with Crippen LogP contribution < -0.4 is 10.2 Å². The number of hydrogen-bond donors (Lipinski definition) is 1. The van der Waals surface area contributed by atoms with E-state index in [1.54, 1.807) is 12.4 Å². The number of nitrogens with one attached hydrogen (secondary N) is 1. The summed E-state index contributed by atoms with van der Waals surface area (Å²) in [5.41, 5.74) is 3.05. The Morgan fingerprint density at radius 2 is 1.68 bits per heavy atom. The van der Waals surface area contributed by atoms with Gasteiger partial charge in [0, 0.05) is 49.2 Å². The quantitative estimate of drug-likeness (QED) is 0.799. The predicted octanol–water partition coefficient (Wildman–Crippen LogP) is 3.01. The number of anilines is 1. The Bertz CT molecular complexity index is 754. The molecular formula is C20H21N5. The average Bonchev–Trinajstić information content (AvgIpc) is 2.99. The van der Waals surface area contributed by atoms with Crippen LogP contribution in [0.15, 0.2) is 60.9 Å². The lowest BCUT2D eigenvalue weighted by Crippen LogP contribution is -2.28. The van der Waals surface area contributed by atoms with E-state index in [9.17, 15) is 0 Å². The molecule has 1 N–H and O–H groups in total. The summed E-state index contributed by atoms with van der Waals surface area (Å²) in [6.07, 6.45) is 4.68. The molecule has 1 aromatic carbocycles. The molecule has 0 bridgehead atoms. The number of aromatic nitrogens is 3. The lowest BCUT2D eigenvalue weighted by Gasteiger charge is -2.22. The lowest BCUT2D eigenvalue weighted by molar-refractivity contribution is 0.724. The number of nitrogens with zero attached hydrogens (tertiary/aromatic N) is 4. The first-order valence-corrected chi connectivity index (χ1v) is 8.71. The molecule has 5 heteroatoms. The van der Waals surface area contributed by atoms with Gasteiger partial charge in [0.25, 0.3) is 0 Å². The van der Waals surface area contributed by atoms with Crippen LogP contribution in [-0.2, 0) is 0 Å². The molecule has 0 saturated carbocycles. The normalized spacial score (nSPS) is 15.0. The zero-order valence-electron chi connectivity index (χ0n) is 14.1. The van der Waals surface area contributed by atoms with Crippen LogP contribution in [0.25, 0.3) is 22.6 Å². The second kappa shape index (κ2) is 7.40. The smallest absolute Gasteiger partial charge is 0.162 e. The van der Waals surface area contributed by atoms with E-state index in [2.05, 4.69) is 33.4 Å². The molecule has 0 amide bonds. The van der Waals surface area contributed by atoms with Crippen molar-refractivity contribution >= 4 is 5.82 Å². The summed E-state index contributed by atoms with van der Waals surface area (Å²) < 4.78 is 0. The van der Waals surface area contributed by atoms with Gasteiger partial charge in [-0.15, -0.1) is 0 Å². The van der Waals surface area contributed by atoms with Crippen molar-refractivity contribution in [3.05, 3.63) is 60.9 Å². The molecule has 0 radical (unpaired) electrons. The summed E-state index contributed by atoms with van der Waals surface area (Å²) in [5.74, 6) is 1.74. The van der Waals surface area contributed by atoms with Crippen molar-refractivity contribution in [2.24, 2.45) is 0 Å². The van der Waals surface area contributed by atoms with Gasteiger partial charge in [0.2, 0.25) is 0 Å². The van der Waals surface area contributed by atoms with Crippen LogP contribution in [-0.4, -0.2) is 41.1 Å². The van der Waals surface area contributed by atoms with Gasteiger partial charge in [0.15, 0.2) is 5.82 Å². The third kappa shape index (κ3) is 3.67. The maximum absolute atomic E-state index is 4.85. The summed E-state index contributed by atoms with van der Waals surface area (Å²) >= 11 is 0. The standard InChI is InChI=1S/C20H21N5/c1-2-5-16(6-3-1)18-15-19(25-13-4-9-21-12-14-25)24-20(23-18)17-7-10-22-11-8-17/h1-3,5-8,10-11,15,21H,4,9,12-14H2. The van der Waals surface area contributed by atoms with Crippen LogP contribution in [0.1, 0.15) is 6.42 Å². The molecule has 0 unspecified atom stereocenters. The third-order valence-electron chi connectivity index (χ3n) is 4.38. The van der Waals surface area contributed by atoms with E-state index < -0.39 is 0 Å². The highest BCUT2D eigenvalue weighted by Crippen LogP contribution is 2.26. The largest absolute Gasteiger partial charge is 0.355 e. The first kappa shape index (κ1) is 15.7. The van der Waals surface area contributed by atoms with Gasteiger partial charge in [-0.25, -0.2) is 9.97 Å². The molecule has 126 valence electrons.